The second kappa shape index (κ2) is 7.56. The van der Waals surface area contributed by atoms with Gasteiger partial charge in [-0.25, -0.2) is 0 Å². The number of carbonyl (C=O) groups excluding carboxylic acids is 1. The largest absolute Gasteiger partial charge is 0.303 e. The van der Waals surface area contributed by atoms with Gasteiger partial charge in [-0.3, -0.25) is 0 Å². The van der Waals surface area contributed by atoms with Gasteiger partial charge in [0, 0.05) is 6.42 Å². The van der Waals surface area contributed by atoms with Crippen molar-refractivity contribution in [2.75, 3.05) is 5.33 Å². The third kappa shape index (κ3) is 7.35. The molecule has 0 aromatic heterocycles. The SMILES string of the molecule is C=C(C#CCBr)CCCC=O. The predicted molar refractivity (Wildman–Crippen MR) is 50.6 cm³/mol. The quantitative estimate of drug-likeness (QED) is 0.304. The summed E-state index contributed by atoms with van der Waals surface area (Å²) in [6.07, 6.45) is 3.22. The highest BCUT2D eigenvalue weighted by molar-refractivity contribution is 9.09. The van der Waals surface area contributed by atoms with Crippen LogP contribution in [0.25, 0.3) is 0 Å². The summed E-state index contributed by atoms with van der Waals surface area (Å²) in [5, 5.41) is 0.680. The van der Waals surface area contributed by atoms with Gasteiger partial charge in [-0.05, 0) is 18.4 Å². The van der Waals surface area contributed by atoms with Crippen LogP contribution in [0.2, 0.25) is 0 Å². The Bertz CT molecular complexity index is 185. The first kappa shape index (κ1) is 10.4. The van der Waals surface area contributed by atoms with Gasteiger partial charge >= 0.3 is 0 Å². The zero-order chi connectivity index (χ0) is 8.53. The molecule has 0 saturated carbocycles. The molecule has 60 valence electrons. The Morgan fingerprint density at radius 1 is 1.64 bits per heavy atom. The van der Waals surface area contributed by atoms with Crippen molar-refractivity contribution in [1.82, 2.24) is 0 Å². The van der Waals surface area contributed by atoms with Crippen molar-refractivity contribution in [2.45, 2.75) is 19.3 Å². The van der Waals surface area contributed by atoms with E-state index in [1.165, 1.54) is 0 Å². The molecule has 0 radical (unpaired) electrons. The number of alkyl halides is 1. The first-order valence-corrected chi connectivity index (χ1v) is 4.59. The van der Waals surface area contributed by atoms with Crippen molar-refractivity contribution >= 4 is 22.2 Å². The number of halogens is 1. The van der Waals surface area contributed by atoms with E-state index in [2.05, 4.69) is 34.3 Å². The molecule has 0 aliphatic rings. The standard InChI is InChI=1S/C9H11BrO/c1-9(6-4-7-10)5-2-3-8-11/h8H,1-3,5,7H2. The summed E-state index contributed by atoms with van der Waals surface area (Å²) >= 11 is 3.19. The molecule has 0 rings (SSSR count). The molecule has 0 bridgehead atoms. The lowest BCUT2D eigenvalue weighted by Gasteiger charge is -1.91. The molecule has 0 aliphatic carbocycles. The average molecular weight is 215 g/mol. The molecule has 11 heavy (non-hydrogen) atoms. The van der Waals surface area contributed by atoms with E-state index >= 15 is 0 Å². The molecule has 0 heterocycles. The molecule has 0 amide bonds. The van der Waals surface area contributed by atoms with Crippen LogP contribution < -0.4 is 0 Å². The summed E-state index contributed by atoms with van der Waals surface area (Å²) in [7, 11) is 0. The molecule has 0 atom stereocenters. The lowest BCUT2D eigenvalue weighted by Crippen LogP contribution is -1.80. The van der Waals surface area contributed by atoms with Crippen LogP contribution in [0.15, 0.2) is 12.2 Å². The van der Waals surface area contributed by atoms with Crippen molar-refractivity contribution in [3.8, 4) is 11.8 Å². The zero-order valence-corrected chi connectivity index (χ0v) is 7.99. The molecule has 0 aromatic rings. The van der Waals surface area contributed by atoms with E-state index in [9.17, 15) is 4.79 Å². The van der Waals surface area contributed by atoms with Gasteiger partial charge in [-0.15, -0.1) is 0 Å². The highest BCUT2D eigenvalue weighted by atomic mass is 79.9. The van der Waals surface area contributed by atoms with Crippen LogP contribution in [-0.4, -0.2) is 11.6 Å². The summed E-state index contributed by atoms with van der Waals surface area (Å²) in [5.41, 5.74) is 0.909. The van der Waals surface area contributed by atoms with Crippen LogP contribution in [0.4, 0.5) is 0 Å². The van der Waals surface area contributed by atoms with Gasteiger partial charge in [-0.2, -0.15) is 0 Å². The number of hydrogen-bond donors (Lipinski definition) is 0. The topological polar surface area (TPSA) is 17.1 Å². The van der Waals surface area contributed by atoms with Gasteiger partial charge < -0.3 is 4.79 Å². The second-order valence-corrected chi connectivity index (χ2v) is 2.66. The number of carbonyl (C=O) groups is 1. The van der Waals surface area contributed by atoms with E-state index in [4.69, 9.17) is 0 Å². The van der Waals surface area contributed by atoms with Crippen LogP contribution in [0.5, 0.6) is 0 Å². The van der Waals surface area contributed by atoms with Crippen molar-refractivity contribution in [3.63, 3.8) is 0 Å². The molecule has 0 unspecified atom stereocenters. The maximum Gasteiger partial charge on any atom is 0.120 e. The Balaban J connectivity index is 3.44. The highest BCUT2D eigenvalue weighted by Gasteiger charge is 1.88. The van der Waals surface area contributed by atoms with Crippen LogP contribution in [0.1, 0.15) is 19.3 Å². The Morgan fingerprint density at radius 3 is 2.91 bits per heavy atom. The monoisotopic (exact) mass is 214 g/mol. The first-order chi connectivity index (χ1) is 5.31. The van der Waals surface area contributed by atoms with Gasteiger partial charge in [0.2, 0.25) is 0 Å². The van der Waals surface area contributed by atoms with E-state index < -0.39 is 0 Å². The third-order valence-corrected chi connectivity index (χ3v) is 1.41. The van der Waals surface area contributed by atoms with Crippen LogP contribution in [0, 0.1) is 11.8 Å². The smallest absolute Gasteiger partial charge is 0.120 e. The lowest BCUT2D eigenvalue weighted by molar-refractivity contribution is -0.107. The van der Waals surface area contributed by atoms with E-state index in [-0.39, 0.29) is 0 Å². The van der Waals surface area contributed by atoms with E-state index in [0.717, 1.165) is 24.7 Å². The summed E-state index contributed by atoms with van der Waals surface area (Å²) in [6, 6.07) is 0. The van der Waals surface area contributed by atoms with E-state index in [0.29, 0.717) is 11.8 Å². The lowest BCUT2D eigenvalue weighted by atomic mass is 10.1. The van der Waals surface area contributed by atoms with Crippen LogP contribution in [-0.2, 0) is 4.79 Å². The number of rotatable bonds is 4. The normalized spacial score (nSPS) is 8.09. The fourth-order valence-corrected chi connectivity index (χ4v) is 0.760. The maximum absolute atomic E-state index is 9.93. The Morgan fingerprint density at radius 2 is 2.36 bits per heavy atom. The third-order valence-electron chi connectivity index (χ3n) is 1.13. The Labute approximate surface area is 76.0 Å². The van der Waals surface area contributed by atoms with Gasteiger partial charge in [0.25, 0.3) is 0 Å². The number of unbranched alkanes of at least 4 members (excludes halogenated alkanes) is 1. The van der Waals surface area contributed by atoms with Crippen LogP contribution >= 0.6 is 15.9 Å². The fraction of sp³-hybridized carbons (Fsp3) is 0.444. The van der Waals surface area contributed by atoms with Crippen LogP contribution in [0.3, 0.4) is 0 Å². The molecule has 0 fully saturated rings. The molecule has 0 saturated heterocycles. The van der Waals surface area contributed by atoms with Crippen molar-refractivity contribution in [3.05, 3.63) is 12.2 Å². The zero-order valence-electron chi connectivity index (χ0n) is 6.40. The van der Waals surface area contributed by atoms with Gasteiger partial charge in [0.1, 0.15) is 6.29 Å². The Kier molecular flexibility index (Phi) is 7.18. The van der Waals surface area contributed by atoms with Gasteiger partial charge in [0.05, 0.1) is 5.33 Å². The number of allylic oxidation sites excluding steroid dienone is 1. The van der Waals surface area contributed by atoms with E-state index in [1.807, 2.05) is 0 Å². The van der Waals surface area contributed by atoms with Gasteiger partial charge in [0.15, 0.2) is 0 Å². The van der Waals surface area contributed by atoms with Crippen molar-refractivity contribution in [1.29, 1.82) is 0 Å². The van der Waals surface area contributed by atoms with Gasteiger partial charge in [-0.1, -0.05) is 34.3 Å². The van der Waals surface area contributed by atoms with Crippen molar-refractivity contribution in [2.24, 2.45) is 0 Å². The molecular formula is C9H11BrO. The first-order valence-electron chi connectivity index (χ1n) is 3.47. The highest BCUT2D eigenvalue weighted by Crippen LogP contribution is 2.01. The molecule has 2 heteroatoms. The number of aldehydes is 1. The molecule has 0 aromatic carbocycles. The summed E-state index contributed by atoms with van der Waals surface area (Å²) in [4.78, 5) is 9.93. The molecule has 0 aliphatic heterocycles. The summed E-state index contributed by atoms with van der Waals surface area (Å²) < 4.78 is 0. The molecule has 0 N–H and O–H groups in total. The molecule has 1 nitrogen and oxygen atoms in total. The Hall–Kier alpha value is -0.550. The average Bonchev–Trinajstić information content (AvgIpc) is 2.01. The minimum absolute atomic E-state index is 0.606. The molecule has 0 spiro atoms. The summed E-state index contributed by atoms with van der Waals surface area (Å²) in [6.45, 7) is 3.75. The fourth-order valence-electron chi connectivity index (χ4n) is 0.620. The van der Waals surface area contributed by atoms with Crippen molar-refractivity contribution < 1.29 is 4.79 Å². The predicted octanol–water partition coefficient (Wildman–Crippen LogP) is 2.31. The maximum atomic E-state index is 9.93. The molecular weight excluding hydrogens is 204 g/mol. The summed E-state index contributed by atoms with van der Waals surface area (Å²) in [5.74, 6) is 5.74. The second-order valence-electron chi connectivity index (χ2n) is 2.10. The number of hydrogen-bond acceptors (Lipinski definition) is 1. The minimum atomic E-state index is 0.606. The minimum Gasteiger partial charge on any atom is -0.303 e. The van der Waals surface area contributed by atoms with E-state index in [1.54, 1.807) is 0 Å².